The molecule has 1 amide bonds. The molecule has 4 heteroatoms. The van der Waals surface area contributed by atoms with Crippen molar-refractivity contribution in [1.29, 1.82) is 0 Å². The molecular weight excluding hydrogens is 242 g/mol. The predicted octanol–water partition coefficient (Wildman–Crippen LogP) is 1.99. The molecule has 0 spiro atoms. The van der Waals surface area contributed by atoms with Crippen molar-refractivity contribution in [3.63, 3.8) is 0 Å². The van der Waals surface area contributed by atoms with Gasteiger partial charge in [-0.15, -0.1) is 0 Å². The summed E-state index contributed by atoms with van der Waals surface area (Å²) in [5, 5.41) is 22.3. The van der Waals surface area contributed by atoms with Gasteiger partial charge in [0.05, 0.1) is 12.0 Å². The van der Waals surface area contributed by atoms with E-state index in [1.165, 1.54) is 0 Å². The highest BCUT2D eigenvalue weighted by Gasteiger charge is 2.34. The SMILES string of the molecule is CCC(CC)(CCO)CNC(=O)CC1(O)CCCC1. The maximum Gasteiger partial charge on any atom is 0.222 e. The highest BCUT2D eigenvalue weighted by Crippen LogP contribution is 2.33. The third-order valence-electron chi connectivity index (χ3n) is 4.83. The number of carbonyl (C=O) groups excluding carboxylic acids is 1. The minimum absolute atomic E-state index is 0.0112. The van der Waals surface area contributed by atoms with Crippen LogP contribution in [0.3, 0.4) is 0 Å². The molecule has 1 aliphatic rings. The van der Waals surface area contributed by atoms with Crippen LogP contribution in [-0.2, 0) is 4.79 Å². The number of aliphatic hydroxyl groups is 2. The van der Waals surface area contributed by atoms with Crippen LogP contribution in [0.5, 0.6) is 0 Å². The second-order valence-electron chi connectivity index (χ2n) is 6.07. The summed E-state index contributed by atoms with van der Waals surface area (Å²) in [4.78, 5) is 12.0. The Bertz CT molecular complexity index is 281. The van der Waals surface area contributed by atoms with Crippen molar-refractivity contribution in [3.8, 4) is 0 Å². The van der Waals surface area contributed by atoms with Gasteiger partial charge in [0.1, 0.15) is 0 Å². The summed E-state index contributed by atoms with van der Waals surface area (Å²) in [5.74, 6) is -0.0615. The number of nitrogens with one attached hydrogen (secondary N) is 1. The van der Waals surface area contributed by atoms with Gasteiger partial charge in [-0.25, -0.2) is 0 Å². The molecule has 1 saturated carbocycles. The fourth-order valence-corrected chi connectivity index (χ4v) is 3.04. The monoisotopic (exact) mass is 271 g/mol. The van der Waals surface area contributed by atoms with E-state index in [-0.39, 0.29) is 24.3 Å². The van der Waals surface area contributed by atoms with E-state index < -0.39 is 5.60 Å². The highest BCUT2D eigenvalue weighted by atomic mass is 16.3. The zero-order valence-corrected chi connectivity index (χ0v) is 12.4. The molecule has 19 heavy (non-hydrogen) atoms. The lowest BCUT2D eigenvalue weighted by Gasteiger charge is -2.32. The van der Waals surface area contributed by atoms with Crippen molar-refractivity contribution in [2.75, 3.05) is 13.2 Å². The van der Waals surface area contributed by atoms with Gasteiger partial charge in [0.15, 0.2) is 0 Å². The summed E-state index contributed by atoms with van der Waals surface area (Å²) >= 11 is 0. The summed E-state index contributed by atoms with van der Waals surface area (Å²) in [5.41, 5.74) is -0.787. The Morgan fingerprint density at radius 3 is 2.32 bits per heavy atom. The molecule has 0 aliphatic heterocycles. The lowest BCUT2D eigenvalue weighted by atomic mass is 9.79. The summed E-state index contributed by atoms with van der Waals surface area (Å²) in [7, 11) is 0. The summed E-state index contributed by atoms with van der Waals surface area (Å²) < 4.78 is 0. The Labute approximate surface area is 116 Å². The third kappa shape index (κ3) is 4.77. The molecule has 1 aliphatic carbocycles. The molecule has 0 aromatic rings. The van der Waals surface area contributed by atoms with Crippen molar-refractivity contribution in [2.45, 2.75) is 70.8 Å². The molecule has 0 aromatic heterocycles. The fraction of sp³-hybridized carbons (Fsp3) is 0.933. The van der Waals surface area contributed by atoms with Crippen molar-refractivity contribution in [2.24, 2.45) is 5.41 Å². The molecule has 0 atom stereocenters. The molecule has 0 radical (unpaired) electrons. The zero-order valence-electron chi connectivity index (χ0n) is 12.4. The van der Waals surface area contributed by atoms with E-state index in [1.807, 2.05) is 0 Å². The lowest BCUT2D eigenvalue weighted by Crippen LogP contribution is -2.41. The first-order chi connectivity index (χ1) is 8.99. The van der Waals surface area contributed by atoms with Gasteiger partial charge in [-0.3, -0.25) is 4.79 Å². The smallest absolute Gasteiger partial charge is 0.222 e. The number of rotatable bonds is 8. The summed E-state index contributed by atoms with van der Waals surface area (Å²) in [6.45, 7) is 4.93. The molecule has 3 N–H and O–H groups in total. The Morgan fingerprint density at radius 2 is 1.84 bits per heavy atom. The second kappa shape index (κ2) is 7.25. The van der Waals surface area contributed by atoms with E-state index in [0.29, 0.717) is 13.0 Å². The van der Waals surface area contributed by atoms with Crippen molar-refractivity contribution in [3.05, 3.63) is 0 Å². The molecule has 1 rings (SSSR count). The minimum atomic E-state index is -0.776. The van der Waals surface area contributed by atoms with Crippen molar-refractivity contribution >= 4 is 5.91 Å². The van der Waals surface area contributed by atoms with Crippen LogP contribution >= 0.6 is 0 Å². The first-order valence-electron chi connectivity index (χ1n) is 7.59. The van der Waals surface area contributed by atoms with Crippen LogP contribution in [0.1, 0.15) is 65.2 Å². The quantitative estimate of drug-likeness (QED) is 0.632. The van der Waals surface area contributed by atoms with E-state index >= 15 is 0 Å². The van der Waals surface area contributed by atoms with E-state index in [4.69, 9.17) is 5.11 Å². The van der Waals surface area contributed by atoms with Crippen molar-refractivity contribution < 1.29 is 15.0 Å². The van der Waals surface area contributed by atoms with Crippen LogP contribution < -0.4 is 5.32 Å². The number of amides is 1. The summed E-state index contributed by atoms with van der Waals surface area (Å²) in [6.07, 6.45) is 6.32. The zero-order chi connectivity index (χ0) is 14.4. The number of carbonyl (C=O) groups is 1. The van der Waals surface area contributed by atoms with E-state index in [0.717, 1.165) is 38.5 Å². The normalized spacial score (nSPS) is 18.5. The first kappa shape index (κ1) is 16.4. The minimum Gasteiger partial charge on any atom is -0.396 e. The topological polar surface area (TPSA) is 69.6 Å². The van der Waals surface area contributed by atoms with Gasteiger partial charge in [-0.1, -0.05) is 26.7 Å². The van der Waals surface area contributed by atoms with Crippen molar-refractivity contribution in [1.82, 2.24) is 5.32 Å². The predicted molar refractivity (Wildman–Crippen MR) is 75.8 cm³/mol. The molecule has 0 heterocycles. The number of hydrogen-bond acceptors (Lipinski definition) is 3. The van der Waals surface area contributed by atoms with E-state index in [2.05, 4.69) is 19.2 Å². The Kier molecular flexibility index (Phi) is 6.27. The second-order valence-corrected chi connectivity index (χ2v) is 6.07. The van der Waals surface area contributed by atoms with Crippen LogP contribution in [0.25, 0.3) is 0 Å². The van der Waals surface area contributed by atoms with Crippen LogP contribution in [0, 0.1) is 5.41 Å². The number of aliphatic hydroxyl groups excluding tert-OH is 1. The van der Waals surface area contributed by atoms with Gasteiger partial charge in [-0.05, 0) is 37.5 Å². The molecular formula is C15H29NO3. The van der Waals surface area contributed by atoms with Crippen LogP contribution in [-0.4, -0.2) is 34.9 Å². The van der Waals surface area contributed by atoms with Gasteiger partial charge < -0.3 is 15.5 Å². The largest absolute Gasteiger partial charge is 0.396 e. The maximum atomic E-state index is 12.0. The summed E-state index contributed by atoms with van der Waals surface area (Å²) in [6, 6.07) is 0. The van der Waals surface area contributed by atoms with E-state index in [1.54, 1.807) is 0 Å². The average Bonchev–Trinajstić information content (AvgIpc) is 2.81. The maximum absolute atomic E-state index is 12.0. The first-order valence-corrected chi connectivity index (χ1v) is 7.59. The van der Waals surface area contributed by atoms with Gasteiger partial charge in [-0.2, -0.15) is 0 Å². The number of hydrogen-bond donors (Lipinski definition) is 3. The lowest BCUT2D eigenvalue weighted by molar-refractivity contribution is -0.126. The molecule has 1 fully saturated rings. The van der Waals surface area contributed by atoms with Gasteiger partial charge in [0.25, 0.3) is 0 Å². The van der Waals surface area contributed by atoms with Crippen LogP contribution in [0.2, 0.25) is 0 Å². The molecule has 0 aromatic carbocycles. The van der Waals surface area contributed by atoms with Gasteiger partial charge in [0, 0.05) is 13.2 Å². The standard InChI is InChI=1S/C15H29NO3/c1-3-14(4-2,9-10-17)12-16-13(18)11-15(19)7-5-6-8-15/h17,19H,3-12H2,1-2H3,(H,16,18). The Hall–Kier alpha value is -0.610. The van der Waals surface area contributed by atoms with Crippen LogP contribution in [0.4, 0.5) is 0 Å². The van der Waals surface area contributed by atoms with Gasteiger partial charge >= 0.3 is 0 Å². The molecule has 0 saturated heterocycles. The molecule has 4 nitrogen and oxygen atoms in total. The molecule has 112 valence electrons. The third-order valence-corrected chi connectivity index (χ3v) is 4.83. The Morgan fingerprint density at radius 1 is 1.26 bits per heavy atom. The van der Waals surface area contributed by atoms with Gasteiger partial charge in [0.2, 0.25) is 5.91 Å². The fourth-order valence-electron chi connectivity index (χ4n) is 3.04. The van der Waals surface area contributed by atoms with E-state index in [9.17, 15) is 9.90 Å². The average molecular weight is 271 g/mol. The molecule has 0 unspecified atom stereocenters. The Balaban J connectivity index is 2.43. The van der Waals surface area contributed by atoms with Crippen LogP contribution in [0.15, 0.2) is 0 Å². The molecule has 0 bridgehead atoms. The highest BCUT2D eigenvalue weighted by molar-refractivity contribution is 5.77.